The number of nitrogens with zero attached hydrogens (tertiary/aromatic N) is 2. The Morgan fingerprint density at radius 3 is 1.85 bits per heavy atom. The Balaban J connectivity index is 1.19. The first-order valence-corrected chi connectivity index (χ1v) is 19.2. The molecule has 11 rings (SSSR count). The summed E-state index contributed by atoms with van der Waals surface area (Å²) in [6.07, 6.45) is 0. The van der Waals surface area contributed by atoms with Crippen molar-refractivity contribution in [2.45, 2.75) is 5.41 Å². The van der Waals surface area contributed by atoms with Crippen LogP contribution in [0.3, 0.4) is 0 Å². The second-order valence-corrected chi connectivity index (χ2v) is 15.2. The lowest BCUT2D eigenvalue weighted by molar-refractivity contribution is 0.768. The first kappa shape index (κ1) is 30.9. The van der Waals surface area contributed by atoms with Crippen molar-refractivity contribution in [3.63, 3.8) is 0 Å². The summed E-state index contributed by atoms with van der Waals surface area (Å²) in [7, 11) is 0. The summed E-state index contributed by atoms with van der Waals surface area (Å²) in [5, 5.41) is 4.86. The maximum absolute atomic E-state index is 5.40. The van der Waals surface area contributed by atoms with Crippen LogP contribution in [0.4, 0.5) is 0 Å². The van der Waals surface area contributed by atoms with Crippen molar-refractivity contribution in [2.24, 2.45) is 0 Å². The summed E-state index contributed by atoms with van der Waals surface area (Å²) in [6.45, 7) is 0. The van der Waals surface area contributed by atoms with Gasteiger partial charge in [0, 0.05) is 36.9 Å². The molecule has 0 N–H and O–H groups in total. The minimum atomic E-state index is -0.497. The van der Waals surface area contributed by atoms with Gasteiger partial charge in [0.25, 0.3) is 0 Å². The second kappa shape index (κ2) is 12.2. The predicted molar refractivity (Wildman–Crippen MR) is 226 cm³/mol. The highest BCUT2D eigenvalue weighted by molar-refractivity contribution is 7.25. The van der Waals surface area contributed by atoms with E-state index in [-0.39, 0.29) is 0 Å². The molecule has 3 heteroatoms. The van der Waals surface area contributed by atoms with Crippen molar-refractivity contribution in [1.29, 1.82) is 0 Å². The van der Waals surface area contributed by atoms with Crippen LogP contribution in [0.1, 0.15) is 22.3 Å². The highest BCUT2D eigenvalue weighted by atomic mass is 32.1. The van der Waals surface area contributed by atoms with Crippen LogP contribution in [-0.2, 0) is 5.41 Å². The van der Waals surface area contributed by atoms with Gasteiger partial charge in [0.05, 0.1) is 16.8 Å². The van der Waals surface area contributed by atoms with E-state index in [0.717, 1.165) is 28.1 Å². The van der Waals surface area contributed by atoms with Gasteiger partial charge < -0.3 is 0 Å². The zero-order valence-corrected chi connectivity index (χ0v) is 30.1. The maximum atomic E-state index is 5.40. The lowest BCUT2D eigenvalue weighted by atomic mass is 9.67. The average molecular weight is 705 g/mol. The molecule has 0 atom stereocenters. The van der Waals surface area contributed by atoms with E-state index < -0.39 is 5.41 Å². The molecule has 10 aromatic rings. The SMILES string of the molecule is c1ccc(C2(c3ccccc3)c3ccccc3-c3ccc(-c4cc(-c5cccc6sc7ccccc7c56)nc(-c5ccc6ccccc6c5)n4)cc32)cc1. The fraction of sp³-hybridized carbons (Fsp3) is 0.0196. The Bertz CT molecular complexity index is 3010. The van der Waals surface area contributed by atoms with Crippen molar-refractivity contribution in [2.75, 3.05) is 0 Å². The van der Waals surface area contributed by atoms with E-state index in [9.17, 15) is 0 Å². The molecule has 0 saturated heterocycles. The molecular weight excluding hydrogens is 673 g/mol. The zero-order valence-electron chi connectivity index (χ0n) is 29.3. The minimum Gasteiger partial charge on any atom is -0.228 e. The summed E-state index contributed by atoms with van der Waals surface area (Å²) in [4.78, 5) is 10.8. The summed E-state index contributed by atoms with van der Waals surface area (Å²) >= 11 is 1.83. The number of benzene rings is 8. The third kappa shape index (κ3) is 4.65. The summed E-state index contributed by atoms with van der Waals surface area (Å²) in [5.41, 5.74) is 12.1. The molecule has 2 heterocycles. The van der Waals surface area contributed by atoms with Gasteiger partial charge in [0.1, 0.15) is 0 Å². The van der Waals surface area contributed by atoms with Gasteiger partial charge in [-0.2, -0.15) is 0 Å². The molecule has 0 aliphatic heterocycles. The van der Waals surface area contributed by atoms with Crippen LogP contribution in [0.2, 0.25) is 0 Å². The van der Waals surface area contributed by atoms with E-state index in [0.29, 0.717) is 5.82 Å². The lowest BCUT2D eigenvalue weighted by Crippen LogP contribution is -2.28. The van der Waals surface area contributed by atoms with Crippen LogP contribution in [0.5, 0.6) is 0 Å². The van der Waals surface area contributed by atoms with Crippen LogP contribution in [0, 0.1) is 0 Å². The van der Waals surface area contributed by atoms with Crippen molar-refractivity contribution in [1.82, 2.24) is 9.97 Å². The van der Waals surface area contributed by atoms with Crippen LogP contribution in [0.25, 0.3) is 76.0 Å². The molecular formula is C51H32N2S. The standard InChI is InChI=1S/C51H32N2S/c1-3-16-37(17-4-1)51(38-18-5-2-6-19-38)43-23-11-9-20-39(43)40-29-28-35(31-44(40)51)45-32-46(41-22-13-25-48-49(41)42-21-10-12-24-47(42)54-48)53-50(52-45)36-27-26-33-14-7-8-15-34(33)30-36/h1-32H. The van der Waals surface area contributed by atoms with Gasteiger partial charge in [0.2, 0.25) is 0 Å². The number of aromatic nitrogens is 2. The quantitative estimate of drug-likeness (QED) is 0.178. The number of hydrogen-bond acceptors (Lipinski definition) is 3. The molecule has 2 nitrogen and oxygen atoms in total. The van der Waals surface area contributed by atoms with E-state index in [1.807, 2.05) is 11.3 Å². The third-order valence-corrected chi connectivity index (χ3v) is 12.3. The van der Waals surface area contributed by atoms with Gasteiger partial charge in [-0.1, -0.05) is 164 Å². The summed E-state index contributed by atoms with van der Waals surface area (Å²) in [6, 6.07) is 70.3. The number of hydrogen-bond donors (Lipinski definition) is 0. The van der Waals surface area contributed by atoms with E-state index in [4.69, 9.17) is 9.97 Å². The fourth-order valence-electron chi connectivity index (χ4n) is 8.78. The number of fused-ring (bicyclic) bond motifs is 7. The first-order chi connectivity index (χ1) is 26.8. The molecule has 1 aliphatic rings. The summed E-state index contributed by atoms with van der Waals surface area (Å²) in [5.74, 6) is 0.714. The molecule has 0 radical (unpaired) electrons. The Morgan fingerprint density at radius 1 is 0.389 bits per heavy atom. The molecule has 8 aromatic carbocycles. The second-order valence-electron chi connectivity index (χ2n) is 14.1. The van der Waals surface area contributed by atoms with Gasteiger partial charge in [0.15, 0.2) is 5.82 Å². The van der Waals surface area contributed by atoms with E-state index in [2.05, 4.69) is 194 Å². The third-order valence-electron chi connectivity index (χ3n) is 11.2. The highest BCUT2D eigenvalue weighted by Crippen LogP contribution is 2.56. The Labute approximate surface area is 317 Å². The van der Waals surface area contributed by atoms with Crippen LogP contribution < -0.4 is 0 Å². The minimum absolute atomic E-state index is 0.497. The van der Waals surface area contributed by atoms with Gasteiger partial charge in [-0.25, -0.2) is 9.97 Å². The Hall–Kier alpha value is -6.68. The van der Waals surface area contributed by atoms with E-state index in [1.165, 1.54) is 64.3 Å². The van der Waals surface area contributed by atoms with Crippen LogP contribution in [-0.4, -0.2) is 9.97 Å². The molecule has 0 saturated carbocycles. The predicted octanol–water partition coefficient (Wildman–Crippen LogP) is 13.4. The smallest absolute Gasteiger partial charge is 0.160 e. The van der Waals surface area contributed by atoms with E-state index >= 15 is 0 Å². The van der Waals surface area contributed by atoms with Crippen LogP contribution in [0.15, 0.2) is 194 Å². The largest absolute Gasteiger partial charge is 0.228 e. The number of rotatable bonds is 5. The Kier molecular flexibility index (Phi) is 6.98. The van der Waals surface area contributed by atoms with Gasteiger partial charge >= 0.3 is 0 Å². The molecule has 252 valence electrons. The van der Waals surface area contributed by atoms with Crippen molar-refractivity contribution < 1.29 is 0 Å². The number of thiophene rings is 1. The molecule has 1 aliphatic carbocycles. The topological polar surface area (TPSA) is 25.8 Å². The van der Waals surface area contributed by atoms with Gasteiger partial charge in [-0.3, -0.25) is 0 Å². The molecule has 0 fully saturated rings. The van der Waals surface area contributed by atoms with Gasteiger partial charge in [-0.05, 0) is 74.5 Å². The van der Waals surface area contributed by atoms with Crippen molar-refractivity contribution in [3.05, 3.63) is 216 Å². The first-order valence-electron chi connectivity index (χ1n) is 18.4. The average Bonchev–Trinajstić information content (AvgIpc) is 3.78. The van der Waals surface area contributed by atoms with Crippen molar-refractivity contribution >= 4 is 42.3 Å². The highest BCUT2D eigenvalue weighted by Gasteiger charge is 2.46. The Morgan fingerprint density at radius 2 is 1.02 bits per heavy atom. The van der Waals surface area contributed by atoms with Crippen LogP contribution >= 0.6 is 11.3 Å². The summed E-state index contributed by atoms with van der Waals surface area (Å²) < 4.78 is 2.53. The van der Waals surface area contributed by atoms with Crippen molar-refractivity contribution in [3.8, 4) is 45.0 Å². The fourth-order valence-corrected chi connectivity index (χ4v) is 9.91. The molecule has 0 bridgehead atoms. The molecule has 0 amide bonds. The molecule has 54 heavy (non-hydrogen) atoms. The van der Waals surface area contributed by atoms with E-state index in [1.54, 1.807) is 0 Å². The molecule has 0 spiro atoms. The lowest BCUT2D eigenvalue weighted by Gasteiger charge is -2.34. The zero-order chi connectivity index (χ0) is 35.6. The normalized spacial score (nSPS) is 13.0. The molecule has 0 unspecified atom stereocenters. The maximum Gasteiger partial charge on any atom is 0.160 e. The molecule has 2 aromatic heterocycles. The van der Waals surface area contributed by atoms with Gasteiger partial charge in [-0.15, -0.1) is 11.3 Å². The monoisotopic (exact) mass is 704 g/mol.